The number of nitrogens with one attached hydrogen (secondary N) is 1. The van der Waals surface area contributed by atoms with Crippen molar-refractivity contribution in [3.05, 3.63) is 35.7 Å². The van der Waals surface area contributed by atoms with Gasteiger partial charge in [0.25, 0.3) is 0 Å². The van der Waals surface area contributed by atoms with Crippen LogP contribution in [-0.4, -0.2) is 28.6 Å². The van der Waals surface area contributed by atoms with Gasteiger partial charge in [-0.05, 0) is 44.7 Å². The lowest BCUT2D eigenvalue weighted by atomic mass is 10.2. The van der Waals surface area contributed by atoms with Crippen molar-refractivity contribution in [2.45, 2.75) is 26.8 Å². The zero-order valence-corrected chi connectivity index (χ0v) is 11.8. The highest BCUT2D eigenvalue weighted by Crippen LogP contribution is 2.19. The lowest BCUT2D eigenvalue weighted by Gasteiger charge is -2.10. The molecular weight excluding hydrogens is 240 g/mol. The molecule has 1 atom stereocenters. The van der Waals surface area contributed by atoms with Crippen molar-refractivity contribution in [3.8, 4) is 11.4 Å². The highest BCUT2D eigenvalue weighted by atomic mass is 16.5. The van der Waals surface area contributed by atoms with E-state index in [1.807, 2.05) is 35.9 Å². The lowest BCUT2D eigenvalue weighted by molar-refractivity contribution is 0.414. The fourth-order valence-corrected chi connectivity index (χ4v) is 2.11. The van der Waals surface area contributed by atoms with Crippen LogP contribution in [0.4, 0.5) is 0 Å². The summed E-state index contributed by atoms with van der Waals surface area (Å²) in [6.45, 7) is 7.13. The Kier molecular flexibility index (Phi) is 4.16. The summed E-state index contributed by atoms with van der Waals surface area (Å²) < 4.78 is 7.01. The van der Waals surface area contributed by atoms with Gasteiger partial charge in [-0.2, -0.15) is 0 Å². The van der Waals surface area contributed by atoms with Crippen LogP contribution < -0.4 is 10.1 Å². The molecule has 2 rings (SSSR count). The summed E-state index contributed by atoms with van der Waals surface area (Å²) in [5.41, 5.74) is 3.03. The summed E-state index contributed by atoms with van der Waals surface area (Å²) in [6, 6.07) is 8.00. The lowest BCUT2D eigenvalue weighted by Crippen LogP contribution is -2.19. The molecule has 102 valence electrons. The van der Waals surface area contributed by atoms with E-state index in [1.165, 1.54) is 0 Å². The average molecular weight is 260 g/mol. The van der Waals surface area contributed by atoms with Crippen molar-refractivity contribution in [1.82, 2.24) is 20.3 Å². The molecule has 1 aromatic carbocycles. The van der Waals surface area contributed by atoms with E-state index in [1.54, 1.807) is 7.11 Å². The smallest absolute Gasteiger partial charge is 0.119 e. The molecule has 0 bridgehead atoms. The van der Waals surface area contributed by atoms with Crippen molar-refractivity contribution in [1.29, 1.82) is 0 Å². The van der Waals surface area contributed by atoms with Gasteiger partial charge in [0.15, 0.2) is 0 Å². The van der Waals surface area contributed by atoms with Gasteiger partial charge in [0.1, 0.15) is 11.4 Å². The van der Waals surface area contributed by atoms with Crippen LogP contribution in [-0.2, 0) is 0 Å². The van der Waals surface area contributed by atoms with Crippen LogP contribution in [0.5, 0.6) is 5.75 Å². The third kappa shape index (κ3) is 2.76. The van der Waals surface area contributed by atoms with Crippen molar-refractivity contribution >= 4 is 0 Å². The summed E-state index contributed by atoms with van der Waals surface area (Å²) >= 11 is 0. The molecular formula is C14H20N4O. The highest BCUT2D eigenvalue weighted by molar-refractivity contribution is 5.38. The normalized spacial score (nSPS) is 12.4. The van der Waals surface area contributed by atoms with Gasteiger partial charge in [0, 0.05) is 0 Å². The van der Waals surface area contributed by atoms with Crippen molar-refractivity contribution < 1.29 is 4.74 Å². The second-order valence-electron chi connectivity index (χ2n) is 4.45. The molecule has 1 unspecified atom stereocenters. The molecule has 0 aliphatic heterocycles. The Morgan fingerprint density at radius 3 is 2.58 bits per heavy atom. The van der Waals surface area contributed by atoms with Crippen molar-refractivity contribution in [2.24, 2.45) is 0 Å². The predicted molar refractivity (Wildman–Crippen MR) is 74.7 cm³/mol. The molecule has 1 N–H and O–H groups in total. The van der Waals surface area contributed by atoms with Gasteiger partial charge in [-0.3, -0.25) is 0 Å². The number of nitrogens with zero attached hydrogens (tertiary/aromatic N) is 3. The Morgan fingerprint density at radius 2 is 2.00 bits per heavy atom. The first kappa shape index (κ1) is 13.5. The second kappa shape index (κ2) is 5.84. The van der Waals surface area contributed by atoms with Crippen molar-refractivity contribution in [3.63, 3.8) is 0 Å². The van der Waals surface area contributed by atoms with E-state index >= 15 is 0 Å². The molecule has 5 heteroatoms. The topological polar surface area (TPSA) is 52.0 Å². The molecule has 0 aliphatic rings. The molecule has 1 heterocycles. The Morgan fingerprint density at radius 1 is 1.32 bits per heavy atom. The second-order valence-corrected chi connectivity index (χ2v) is 4.45. The Labute approximate surface area is 113 Å². The SMILES string of the molecule is CCNC(C)c1nnn(-c2ccc(OC)cc2)c1C. The third-order valence-electron chi connectivity index (χ3n) is 3.17. The summed E-state index contributed by atoms with van der Waals surface area (Å²) in [5.74, 6) is 0.836. The monoisotopic (exact) mass is 260 g/mol. The van der Waals surface area contributed by atoms with E-state index in [-0.39, 0.29) is 6.04 Å². The largest absolute Gasteiger partial charge is 0.497 e. The van der Waals surface area contributed by atoms with Crippen LogP contribution in [0.3, 0.4) is 0 Å². The molecule has 0 amide bonds. The number of benzene rings is 1. The minimum atomic E-state index is 0.206. The fraction of sp³-hybridized carbons (Fsp3) is 0.429. The minimum Gasteiger partial charge on any atom is -0.497 e. The number of rotatable bonds is 5. The van der Waals surface area contributed by atoms with Gasteiger partial charge in [-0.25, -0.2) is 4.68 Å². The van der Waals surface area contributed by atoms with Crippen LogP contribution >= 0.6 is 0 Å². The maximum atomic E-state index is 5.16. The number of methoxy groups -OCH3 is 1. The van der Waals surface area contributed by atoms with Gasteiger partial charge < -0.3 is 10.1 Å². The highest BCUT2D eigenvalue weighted by Gasteiger charge is 2.15. The molecule has 2 aromatic rings. The van der Waals surface area contributed by atoms with Crippen LogP contribution in [0.25, 0.3) is 5.69 Å². The molecule has 0 spiro atoms. The van der Waals surface area contributed by atoms with E-state index in [0.29, 0.717) is 0 Å². The summed E-state index contributed by atoms with van der Waals surface area (Å²) in [5, 5.41) is 11.9. The first-order valence-electron chi connectivity index (χ1n) is 6.47. The maximum Gasteiger partial charge on any atom is 0.119 e. The van der Waals surface area contributed by atoms with E-state index < -0.39 is 0 Å². The molecule has 0 fully saturated rings. The van der Waals surface area contributed by atoms with Gasteiger partial charge >= 0.3 is 0 Å². The van der Waals surface area contributed by atoms with Crippen LogP contribution in [0.15, 0.2) is 24.3 Å². The van der Waals surface area contributed by atoms with E-state index in [2.05, 4.69) is 29.5 Å². The van der Waals surface area contributed by atoms with Crippen LogP contribution in [0.2, 0.25) is 0 Å². The van der Waals surface area contributed by atoms with E-state index in [4.69, 9.17) is 4.74 Å². The first-order chi connectivity index (χ1) is 9.17. The Bertz CT molecular complexity index is 533. The fourth-order valence-electron chi connectivity index (χ4n) is 2.11. The zero-order chi connectivity index (χ0) is 13.8. The quantitative estimate of drug-likeness (QED) is 0.896. The zero-order valence-electron chi connectivity index (χ0n) is 11.8. The predicted octanol–water partition coefficient (Wildman–Crippen LogP) is 2.25. The first-order valence-corrected chi connectivity index (χ1v) is 6.47. The molecule has 0 saturated carbocycles. The number of hydrogen-bond donors (Lipinski definition) is 1. The maximum absolute atomic E-state index is 5.16. The van der Waals surface area contributed by atoms with E-state index in [9.17, 15) is 0 Å². The van der Waals surface area contributed by atoms with Crippen molar-refractivity contribution in [2.75, 3.05) is 13.7 Å². The van der Waals surface area contributed by atoms with Crippen LogP contribution in [0, 0.1) is 6.92 Å². The number of ether oxygens (including phenoxy) is 1. The molecule has 1 aromatic heterocycles. The minimum absolute atomic E-state index is 0.206. The van der Waals surface area contributed by atoms with Crippen LogP contribution in [0.1, 0.15) is 31.3 Å². The summed E-state index contributed by atoms with van der Waals surface area (Å²) in [6.07, 6.45) is 0. The average Bonchev–Trinajstić information content (AvgIpc) is 2.81. The van der Waals surface area contributed by atoms with E-state index in [0.717, 1.165) is 29.4 Å². The molecule has 0 radical (unpaired) electrons. The molecule has 19 heavy (non-hydrogen) atoms. The number of hydrogen-bond acceptors (Lipinski definition) is 4. The van der Waals surface area contributed by atoms with Gasteiger partial charge in [-0.15, -0.1) is 5.10 Å². The summed E-state index contributed by atoms with van der Waals surface area (Å²) in [4.78, 5) is 0. The van der Waals surface area contributed by atoms with Gasteiger partial charge in [0.2, 0.25) is 0 Å². The summed E-state index contributed by atoms with van der Waals surface area (Å²) in [7, 11) is 1.66. The number of aromatic nitrogens is 3. The molecule has 0 aliphatic carbocycles. The Hall–Kier alpha value is -1.88. The van der Waals surface area contributed by atoms with Gasteiger partial charge in [-0.1, -0.05) is 12.1 Å². The van der Waals surface area contributed by atoms with Gasteiger partial charge in [0.05, 0.1) is 24.5 Å². The molecule has 0 saturated heterocycles. The Balaban J connectivity index is 2.30. The molecule has 5 nitrogen and oxygen atoms in total. The third-order valence-corrected chi connectivity index (χ3v) is 3.17. The standard InChI is InChI=1S/C14H20N4O/c1-5-15-10(2)14-11(3)18(17-16-14)12-6-8-13(19-4)9-7-12/h6-10,15H,5H2,1-4H3.